The SMILES string of the molecule is COc1ccc(C(=O)Nc2ccc(OC)cc2I)cc1. The number of amides is 1. The third-order valence-electron chi connectivity index (χ3n) is 2.78. The number of halogens is 1. The highest BCUT2D eigenvalue weighted by Gasteiger charge is 2.09. The molecule has 0 saturated heterocycles. The van der Waals surface area contributed by atoms with Crippen LogP contribution in [0.15, 0.2) is 42.5 Å². The lowest BCUT2D eigenvalue weighted by Gasteiger charge is -2.09. The molecule has 2 aromatic carbocycles. The molecule has 2 aromatic rings. The largest absolute Gasteiger partial charge is 0.497 e. The molecule has 0 heterocycles. The molecule has 2 rings (SSSR count). The Morgan fingerprint density at radius 1 is 1.00 bits per heavy atom. The van der Waals surface area contributed by atoms with Crippen LogP contribution >= 0.6 is 22.6 Å². The van der Waals surface area contributed by atoms with Crippen LogP contribution in [0.1, 0.15) is 10.4 Å². The van der Waals surface area contributed by atoms with E-state index in [0.717, 1.165) is 20.8 Å². The molecule has 0 aliphatic heterocycles. The van der Waals surface area contributed by atoms with Crippen LogP contribution in [0.4, 0.5) is 5.69 Å². The summed E-state index contributed by atoms with van der Waals surface area (Å²) in [5, 5.41) is 2.87. The number of methoxy groups -OCH3 is 2. The predicted molar refractivity (Wildman–Crippen MR) is 86.7 cm³/mol. The molecule has 0 unspecified atom stereocenters. The van der Waals surface area contributed by atoms with Crippen molar-refractivity contribution in [3.8, 4) is 11.5 Å². The van der Waals surface area contributed by atoms with Crippen molar-refractivity contribution in [3.05, 3.63) is 51.6 Å². The maximum Gasteiger partial charge on any atom is 0.255 e. The lowest BCUT2D eigenvalue weighted by Crippen LogP contribution is -2.12. The topological polar surface area (TPSA) is 47.6 Å². The van der Waals surface area contributed by atoms with Gasteiger partial charge in [0.25, 0.3) is 5.91 Å². The molecular formula is C15H14INO3. The molecule has 0 aliphatic rings. The van der Waals surface area contributed by atoms with Gasteiger partial charge in [-0.15, -0.1) is 0 Å². The molecule has 0 bridgehead atoms. The Balaban J connectivity index is 2.14. The molecule has 0 fully saturated rings. The number of rotatable bonds is 4. The molecule has 0 aliphatic carbocycles. The molecule has 0 spiro atoms. The van der Waals surface area contributed by atoms with Gasteiger partial charge >= 0.3 is 0 Å². The van der Waals surface area contributed by atoms with Gasteiger partial charge in [0.05, 0.1) is 19.9 Å². The molecule has 104 valence electrons. The van der Waals surface area contributed by atoms with Crippen molar-refractivity contribution >= 4 is 34.2 Å². The highest BCUT2D eigenvalue weighted by atomic mass is 127. The second kappa shape index (κ2) is 6.60. The van der Waals surface area contributed by atoms with E-state index in [2.05, 4.69) is 27.9 Å². The minimum absolute atomic E-state index is 0.157. The van der Waals surface area contributed by atoms with Gasteiger partial charge < -0.3 is 14.8 Å². The fourth-order valence-electron chi connectivity index (χ4n) is 1.66. The number of nitrogens with one attached hydrogen (secondary N) is 1. The van der Waals surface area contributed by atoms with Crippen molar-refractivity contribution < 1.29 is 14.3 Å². The summed E-state index contributed by atoms with van der Waals surface area (Å²) in [4.78, 5) is 12.1. The van der Waals surface area contributed by atoms with Crippen LogP contribution in [0.3, 0.4) is 0 Å². The number of hydrogen-bond donors (Lipinski definition) is 1. The summed E-state index contributed by atoms with van der Waals surface area (Å²) < 4.78 is 11.1. The molecule has 0 saturated carbocycles. The van der Waals surface area contributed by atoms with E-state index in [1.54, 1.807) is 38.5 Å². The van der Waals surface area contributed by atoms with Gasteiger partial charge in [-0.1, -0.05) is 0 Å². The average Bonchev–Trinajstić information content (AvgIpc) is 2.49. The molecule has 1 N–H and O–H groups in total. The van der Waals surface area contributed by atoms with E-state index in [4.69, 9.17) is 9.47 Å². The molecular weight excluding hydrogens is 369 g/mol. The normalized spacial score (nSPS) is 9.95. The van der Waals surface area contributed by atoms with Crippen LogP contribution in [0.2, 0.25) is 0 Å². The summed E-state index contributed by atoms with van der Waals surface area (Å²) in [7, 11) is 3.20. The summed E-state index contributed by atoms with van der Waals surface area (Å²) in [5.41, 5.74) is 1.34. The monoisotopic (exact) mass is 383 g/mol. The van der Waals surface area contributed by atoms with Gasteiger partial charge in [-0.2, -0.15) is 0 Å². The molecule has 0 aromatic heterocycles. The van der Waals surface area contributed by atoms with Gasteiger partial charge in [-0.3, -0.25) is 4.79 Å². The third-order valence-corrected chi connectivity index (χ3v) is 3.67. The number of ether oxygens (including phenoxy) is 2. The van der Waals surface area contributed by atoms with Gasteiger partial charge in [0.2, 0.25) is 0 Å². The van der Waals surface area contributed by atoms with Crippen molar-refractivity contribution in [2.45, 2.75) is 0 Å². The maximum absolute atomic E-state index is 12.1. The zero-order valence-corrected chi connectivity index (χ0v) is 13.3. The Morgan fingerprint density at radius 3 is 2.15 bits per heavy atom. The number of carbonyl (C=O) groups is 1. The van der Waals surface area contributed by atoms with E-state index >= 15 is 0 Å². The average molecular weight is 383 g/mol. The van der Waals surface area contributed by atoms with E-state index < -0.39 is 0 Å². The fourth-order valence-corrected chi connectivity index (χ4v) is 2.28. The van der Waals surface area contributed by atoms with Crippen molar-refractivity contribution in [3.63, 3.8) is 0 Å². The fraction of sp³-hybridized carbons (Fsp3) is 0.133. The zero-order chi connectivity index (χ0) is 14.5. The van der Waals surface area contributed by atoms with Crippen LogP contribution in [0.5, 0.6) is 11.5 Å². The first-order chi connectivity index (χ1) is 9.63. The summed E-state index contributed by atoms with van der Waals surface area (Å²) >= 11 is 2.16. The number of anilines is 1. The van der Waals surface area contributed by atoms with Crippen LogP contribution in [-0.4, -0.2) is 20.1 Å². The summed E-state index contributed by atoms with van der Waals surface area (Å²) in [6.45, 7) is 0. The van der Waals surface area contributed by atoms with Gasteiger partial charge in [-0.05, 0) is 65.1 Å². The summed E-state index contributed by atoms with van der Waals surface area (Å²) in [5.74, 6) is 1.33. The molecule has 1 amide bonds. The van der Waals surface area contributed by atoms with E-state index in [-0.39, 0.29) is 5.91 Å². The Morgan fingerprint density at radius 2 is 1.60 bits per heavy atom. The van der Waals surface area contributed by atoms with Crippen LogP contribution in [0, 0.1) is 3.57 Å². The first kappa shape index (κ1) is 14.6. The van der Waals surface area contributed by atoms with Crippen molar-refractivity contribution in [1.82, 2.24) is 0 Å². The van der Waals surface area contributed by atoms with Crippen molar-refractivity contribution in [1.29, 1.82) is 0 Å². The lowest BCUT2D eigenvalue weighted by atomic mass is 10.2. The predicted octanol–water partition coefficient (Wildman–Crippen LogP) is 3.56. The quantitative estimate of drug-likeness (QED) is 0.822. The second-order valence-electron chi connectivity index (χ2n) is 4.03. The zero-order valence-electron chi connectivity index (χ0n) is 11.1. The van der Waals surface area contributed by atoms with Crippen LogP contribution in [0.25, 0.3) is 0 Å². The number of carbonyl (C=O) groups excluding carboxylic acids is 1. The minimum atomic E-state index is -0.157. The van der Waals surface area contributed by atoms with Gasteiger partial charge in [0.15, 0.2) is 0 Å². The number of benzene rings is 2. The Labute approximate surface area is 131 Å². The summed E-state index contributed by atoms with van der Waals surface area (Å²) in [6, 6.07) is 12.5. The lowest BCUT2D eigenvalue weighted by molar-refractivity contribution is 0.102. The highest BCUT2D eigenvalue weighted by Crippen LogP contribution is 2.24. The van der Waals surface area contributed by atoms with E-state index in [1.165, 1.54) is 0 Å². The Kier molecular flexibility index (Phi) is 4.84. The van der Waals surface area contributed by atoms with E-state index in [1.807, 2.05) is 18.2 Å². The molecule has 4 nitrogen and oxygen atoms in total. The Hall–Kier alpha value is -1.76. The number of hydrogen-bond acceptors (Lipinski definition) is 3. The van der Waals surface area contributed by atoms with Gasteiger partial charge in [-0.25, -0.2) is 0 Å². The Bertz CT molecular complexity index is 611. The van der Waals surface area contributed by atoms with E-state index in [0.29, 0.717) is 5.56 Å². The van der Waals surface area contributed by atoms with Gasteiger partial charge in [0.1, 0.15) is 11.5 Å². The highest BCUT2D eigenvalue weighted by molar-refractivity contribution is 14.1. The molecule has 20 heavy (non-hydrogen) atoms. The standard InChI is InChI=1S/C15H14INO3/c1-19-11-5-3-10(4-6-11)15(18)17-14-8-7-12(20-2)9-13(14)16/h3-9H,1-2H3,(H,17,18). The summed E-state index contributed by atoms with van der Waals surface area (Å²) in [6.07, 6.45) is 0. The first-order valence-corrected chi connectivity index (χ1v) is 7.01. The van der Waals surface area contributed by atoms with Crippen molar-refractivity contribution in [2.24, 2.45) is 0 Å². The molecule has 0 radical (unpaired) electrons. The van der Waals surface area contributed by atoms with Crippen LogP contribution in [-0.2, 0) is 0 Å². The first-order valence-electron chi connectivity index (χ1n) is 5.93. The third kappa shape index (κ3) is 3.41. The van der Waals surface area contributed by atoms with E-state index in [9.17, 15) is 4.79 Å². The van der Waals surface area contributed by atoms with Crippen LogP contribution < -0.4 is 14.8 Å². The van der Waals surface area contributed by atoms with Crippen molar-refractivity contribution in [2.75, 3.05) is 19.5 Å². The maximum atomic E-state index is 12.1. The molecule has 0 atom stereocenters. The second-order valence-corrected chi connectivity index (χ2v) is 5.19. The smallest absolute Gasteiger partial charge is 0.255 e. The minimum Gasteiger partial charge on any atom is -0.497 e. The van der Waals surface area contributed by atoms with Gasteiger partial charge in [0, 0.05) is 9.13 Å². The molecule has 5 heteroatoms.